The van der Waals surface area contributed by atoms with E-state index in [-0.39, 0.29) is 25.7 Å². The fourth-order valence-corrected chi connectivity index (χ4v) is 3.90. The number of aliphatic carboxylic acids is 2. The zero-order valence-electron chi connectivity index (χ0n) is 16.1. The van der Waals surface area contributed by atoms with Crippen molar-refractivity contribution >= 4 is 47.4 Å². The highest BCUT2D eigenvalue weighted by Crippen LogP contribution is 2.36. The van der Waals surface area contributed by atoms with Crippen LogP contribution in [-0.4, -0.2) is 53.8 Å². The van der Waals surface area contributed by atoms with Gasteiger partial charge in [-0.3, -0.25) is 9.59 Å². The van der Waals surface area contributed by atoms with E-state index in [2.05, 4.69) is 25.3 Å². The van der Waals surface area contributed by atoms with E-state index in [0.29, 0.717) is 25.7 Å². The van der Waals surface area contributed by atoms with Crippen LogP contribution >= 0.6 is 25.3 Å². The third-order valence-electron chi connectivity index (χ3n) is 5.06. The number of rotatable bonds is 15. The van der Waals surface area contributed by atoms with Crippen molar-refractivity contribution in [3.8, 4) is 0 Å². The first-order valence-electron chi connectivity index (χ1n) is 9.25. The Bertz CT molecular complexity index is 532. The second-order valence-corrected chi connectivity index (χ2v) is 7.91. The second kappa shape index (κ2) is 11.8. The van der Waals surface area contributed by atoms with Gasteiger partial charge in [-0.2, -0.15) is 0 Å². The Morgan fingerprint density at radius 1 is 0.750 bits per heavy atom. The lowest BCUT2D eigenvalue weighted by molar-refractivity contribution is -0.171. The molecule has 0 rings (SSSR count). The van der Waals surface area contributed by atoms with E-state index in [4.69, 9.17) is 0 Å². The van der Waals surface area contributed by atoms with Crippen molar-refractivity contribution in [2.45, 2.75) is 76.4 Å². The first kappa shape index (κ1) is 26.9. The molecule has 0 heterocycles. The first-order valence-corrected chi connectivity index (χ1v) is 10.1. The average molecular weight is 439 g/mol. The average Bonchev–Trinajstić information content (AvgIpc) is 2.60. The number of carboxylic acids is 2. The van der Waals surface area contributed by atoms with Gasteiger partial charge in [-0.25, -0.2) is 9.59 Å². The molecular formula is C18H30O8S2. The van der Waals surface area contributed by atoms with Gasteiger partial charge in [0.2, 0.25) is 0 Å². The highest BCUT2D eigenvalue weighted by molar-refractivity contribution is 7.96. The molecule has 0 aromatic rings. The summed E-state index contributed by atoms with van der Waals surface area (Å²) in [5.41, 5.74) is -4.80. The van der Waals surface area contributed by atoms with E-state index in [0.717, 1.165) is 0 Å². The molecule has 8 nitrogen and oxygen atoms in total. The van der Waals surface area contributed by atoms with E-state index in [1.807, 2.05) is 0 Å². The molecule has 0 saturated heterocycles. The summed E-state index contributed by atoms with van der Waals surface area (Å²) in [4.78, 5) is 47.2. The van der Waals surface area contributed by atoms with Gasteiger partial charge in [0.25, 0.3) is 0 Å². The summed E-state index contributed by atoms with van der Waals surface area (Å²) < 4.78 is 0. The third-order valence-corrected chi connectivity index (χ3v) is 5.68. The van der Waals surface area contributed by atoms with Crippen LogP contribution in [0.2, 0.25) is 0 Å². The monoisotopic (exact) mass is 438 g/mol. The maximum absolute atomic E-state index is 12.0. The lowest BCUT2D eigenvalue weighted by atomic mass is 9.75. The maximum atomic E-state index is 12.0. The van der Waals surface area contributed by atoms with Crippen LogP contribution in [0.4, 0.5) is 0 Å². The molecule has 0 aromatic carbocycles. The van der Waals surface area contributed by atoms with Crippen molar-refractivity contribution in [3.05, 3.63) is 0 Å². The van der Waals surface area contributed by atoms with Crippen LogP contribution in [0.15, 0.2) is 0 Å². The summed E-state index contributed by atoms with van der Waals surface area (Å²) in [5.74, 6) is -6.14. The Hall–Kier alpha value is -1.10. The fraction of sp³-hybridized carbons (Fsp3) is 0.778. The Morgan fingerprint density at radius 3 is 1.21 bits per heavy atom. The normalized spacial score (nSPS) is 17.8. The molecule has 4 N–H and O–H groups in total. The number of aliphatic hydroxyl groups is 2. The smallest absolute Gasteiger partial charge is 0.336 e. The molecule has 0 aromatic heterocycles. The number of thiol groups is 2. The molecule has 0 radical (unpaired) electrons. The summed E-state index contributed by atoms with van der Waals surface area (Å²) >= 11 is 7.36. The largest absolute Gasteiger partial charge is 0.479 e. The van der Waals surface area contributed by atoms with Gasteiger partial charge in [-0.15, -0.1) is 25.3 Å². The number of hydrogen-bond acceptors (Lipinski definition) is 6. The van der Waals surface area contributed by atoms with Crippen molar-refractivity contribution in [1.82, 2.24) is 0 Å². The molecule has 0 aliphatic heterocycles. The van der Waals surface area contributed by atoms with Crippen LogP contribution in [-0.2, 0) is 19.2 Å². The Kier molecular flexibility index (Phi) is 11.3. The minimum Gasteiger partial charge on any atom is -0.479 e. The molecule has 10 heteroatoms. The van der Waals surface area contributed by atoms with E-state index in [1.165, 1.54) is 0 Å². The number of carboxylic acid groups (broad SMARTS) is 2. The molecule has 0 aliphatic rings. The molecule has 4 unspecified atom stereocenters. The minimum atomic E-state index is -2.40. The highest BCUT2D eigenvalue weighted by Gasteiger charge is 2.50. The van der Waals surface area contributed by atoms with Crippen LogP contribution in [0.1, 0.15) is 65.2 Å². The second-order valence-electron chi connectivity index (χ2n) is 7.02. The van der Waals surface area contributed by atoms with E-state index in [1.54, 1.807) is 13.8 Å². The van der Waals surface area contributed by atoms with Gasteiger partial charge in [-0.05, 0) is 25.7 Å². The molecule has 0 bridgehead atoms. The summed E-state index contributed by atoms with van der Waals surface area (Å²) in [6.07, 6.45) is 0.757. The molecular weight excluding hydrogens is 408 g/mol. The molecule has 28 heavy (non-hydrogen) atoms. The van der Waals surface area contributed by atoms with Gasteiger partial charge in [0, 0.05) is 0 Å². The SMILES string of the molecule is CCCCC(O)(C(=O)O)C(CCC(C(=O)S)C(O)(CCCC)C(=O)O)C(=O)S. The zero-order valence-corrected chi connectivity index (χ0v) is 17.9. The highest BCUT2D eigenvalue weighted by atomic mass is 32.1. The zero-order chi connectivity index (χ0) is 22.1. The van der Waals surface area contributed by atoms with Crippen molar-refractivity contribution in [2.75, 3.05) is 0 Å². The van der Waals surface area contributed by atoms with Crippen LogP contribution in [0.5, 0.6) is 0 Å². The molecule has 0 spiro atoms. The number of hydrogen-bond donors (Lipinski definition) is 6. The predicted molar refractivity (Wildman–Crippen MR) is 108 cm³/mol. The van der Waals surface area contributed by atoms with Gasteiger partial charge in [-0.1, -0.05) is 39.5 Å². The quantitative estimate of drug-likeness (QED) is 0.212. The molecule has 0 amide bonds. The van der Waals surface area contributed by atoms with Crippen molar-refractivity contribution in [2.24, 2.45) is 11.8 Å². The number of carbonyl (C=O) groups is 4. The minimum absolute atomic E-state index is 0.200. The van der Waals surface area contributed by atoms with Gasteiger partial charge >= 0.3 is 11.9 Å². The fourth-order valence-electron chi connectivity index (χ4n) is 3.22. The first-order chi connectivity index (χ1) is 12.9. The Labute approximate surface area is 175 Å². The topological polar surface area (TPSA) is 149 Å². The maximum Gasteiger partial charge on any atom is 0.336 e. The third kappa shape index (κ3) is 6.75. The van der Waals surface area contributed by atoms with Crippen LogP contribution in [0.25, 0.3) is 0 Å². The number of unbranched alkanes of at least 4 members (excludes halogenated alkanes) is 2. The van der Waals surface area contributed by atoms with Crippen LogP contribution < -0.4 is 0 Å². The Balaban J connectivity index is 5.75. The standard InChI is InChI=1S/C18H30O8S2/c1-3-5-9-17(25,15(21)22)11(13(19)27)7-8-12(14(20)28)18(26,16(23)24)10-6-4-2/h11-12,25-26H,3-10H2,1-2H3,(H,19,27)(H,20,28)(H,21,22)(H,23,24). The summed E-state index contributed by atoms with van der Waals surface area (Å²) in [6, 6.07) is 0. The molecule has 0 saturated carbocycles. The summed E-state index contributed by atoms with van der Waals surface area (Å²) in [7, 11) is 0. The lowest BCUT2D eigenvalue weighted by Crippen LogP contribution is -2.51. The summed E-state index contributed by atoms with van der Waals surface area (Å²) in [6.45, 7) is 3.58. The Morgan fingerprint density at radius 2 is 1.04 bits per heavy atom. The molecule has 162 valence electrons. The van der Waals surface area contributed by atoms with Crippen LogP contribution in [0, 0.1) is 11.8 Å². The van der Waals surface area contributed by atoms with Gasteiger partial charge in [0.15, 0.2) is 21.4 Å². The van der Waals surface area contributed by atoms with Crippen molar-refractivity contribution < 1.29 is 39.6 Å². The van der Waals surface area contributed by atoms with E-state index < -0.39 is 45.2 Å². The van der Waals surface area contributed by atoms with Crippen LogP contribution in [0.3, 0.4) is 0 Å². The lowest BCUT2D eigenvalue weighted by Gasteiger charge is -2.34. The van der Waals surface area contributed by atoms with Gasteiger partial charge in [0.1, 0.15) is 0 Å². The molecule has 0 fully saturated rings. The van der Waals surface area contributed by atoms with Gasteiger partial charge in [0.05, 0.1) is 11.8 Å². The van der Waals surface area contributed by atoms with E-state index >= 15 is 0 Å². The van der Waals surface area contributed by atoms with Crippen molar-refractivity contribution in [1.29, 1.82) is 0 Å². The number of carbonyl (C=O) groups excluding carboxylic acids is 2. The molecule has 0 aliphatic carbocycles. The summed E-state index contributed by atoms with van der Waals surface area (Å²) in [5, 5.41) is 38.3. The van der Waals surface area contributed by atoms with Gasteiger partial charge < -0.3 is 20.4 Å². The van der Waals surface area contributed by atoms with Crippen molar-refractivity contribution in [3.63, 3.8) is 0 Å². The van der Waals surface area contributed by atoms with E-state index in [9.17, 15) is 39.6 Å². The molecule has 4 atom stereocenters. The predicted octanol–water partition coefficient (Wildman–Crippen LogP) is 1.92.